The number of hydrogen-bond donors (Lipinski definition) is 0. The molecule has 150 valence electrons. The lowest BCUT2D eigenvalue weighted by atomic mass is 10.1. The van der Waals surface area contributed by atoms with Gasteiger partial charge in [-0.2, -0.15) is 5.10 Å². The summed E-state index contributed by atoms with van der Waals surface area (Å²) in [6.45, 7) is 3.09. The molecule has 0 fully saturated rings. The van der Waals surface area contributed by atoms with Crippen molar-refractivity contribution < 1.29 is 23.5 Å². The molecule has 0 atom stereocenters. The van der Waals surface area contributed by atoms with E-state index in [2.05, 4.69) is 10.1 Å². The van der Waals surface area contributed by atoms with Gasteiger partial charge < -0.3 is 9.47 Å². The summed E-state index contributed by atoms with van der Waals surface area (Å²) < 4.78 is 25.1. The van der Waals surface area contributed by atoms with Crippen LogP contribution < -0.4 is 4.74 Å². The van der Waals surface area contributed by atoms with Crippen LogP contribution in [0.5, 0.6) is 5.75 Å². The molecule has 3 aromatic rings. The summed E-state index contributed by atoms with van der Waals surface area (Å²) in [7, 11) is 1.32. The topological polar surface area (TPSA) is 83.3 Å². The summed E-state index contributed by atoms with van der Waals surface area (Å²) in [5.74, 6) is -1.75. The van der Waals surface area contributed by atoms with Crippen molar-refractivity contribution in [1.29, 1.82) is 0 Å². The van der Waals surface area contributed by atoms with Crippen LogP contribution in [0.1, 0.15) is 32.2 Å². The Bertz CT molecular complexity index is 1100. The fraction of sp³-hybridized carbons (Fsp3) is 0.200. The predicted octanol–water partition coefficient (Wildman–Crippen LogP) is 3.72. The Morgan fingerprint density at radius 1 is 1.17 bits per heavy atom. The van der Waals surface area contributed by atoms with Crippen molar-refractivity contribution in [2.45, 2.75) is 13.8 Å². The molecule has 9 heteroatoms. The van der Waals surface area contributed by atoms with Crippen LogP contribution in [-0.2, 0) is 4.74 Å². The predicted molar refractivity (Wildman–Crippen MR) is 103 cm³/mol. The van der Waals surface area contributed by atoms with Gasteiger partial charge in [-0.3, -0.25) is 4.79 Å². The third kappa shape index (κ3) is 4.43. The van der Waals surface area contributed by atoms with Crippen LogP contribution >= 0.6 is 11.6 Å². The van der Waals surface area contributed by atoms with Gasteiger partial charge in [0.25, 0.3) is 0 Å². The zero-order valence-corrected chi connectivity index (χ0v) is 16.7. The fourth-order valence-corrected chi connectivity index (χ4v) is 2.86. The van der Waals surface area contributed by atoms with E-state index >= 15 is 0 Å². The number of methoxy groups -OCH3 is 1. The van der Waals surface area contributed by atoms with Gasteiger partial charge in [-0.1, -0.05) is 11.6 Å². The number of halogens is 2. The molecule has 0 bridgehead atoms. The second kappa shape index (κ2) is 8.40. The number of ketones is 1. The van der Waals surface area contributed by atoms with Crippen LogP contribution in [0.4, 0.5) is 4.39 Å². The van der Waals surface area contributed by atoms with E-state index in [1.165, 1.54) is 25.3 Å². The molecule has 0 aliphatic carbocycles. The molecule has 29 heavy (non-hydrogen) atoms. The molecule has 0 saturated carbocycles. The number of aromatic nitrogens is 3. The lowest BCUT2D eigenvalue weighted by Crippen LogP contribution is -2.17. The van der Waals surface area contributed by atoms with Gasteiger partial charge in [0.05, 0.1) is 17.8 Å². The number of carbonyl (C=O) groups is 2. The van der Waals surface area contributed by atoms with E-state index in [0.29, 0.717) is 5.82 Å². The van der Waals surface area contributed by atoms with E-state index in [-0.39, 0.29) is 22.0 Å². The minimum absolute atomic E-state index is 0.00972. The third-order valence-electron chi connectivity index (χ3n) is 4.06. The van der Waals surface area contributed by atoms with Crippen LogP contribution in [0, 0.1) is 19.7 Å². The first-order valence-electron chi connectivity index (χ1n) is 8.54. The van der Waals surface area contributed by atoms with Crippen LogP contribution in [0.15, 0.2) is 36.4 Å². The highest BCUT2D eigenvalue weighted by Crippen LogP contribution is 2.20. The second-order valence-corrected chi connectivity index (χ2v) is 6.59. The van der Waals surface area contributed by atoms with Crippen LogP contribution in [0.25, 0.3) is 5.82 Å². The van der Waals surface area contributed by atoms with E-state index in [0.717, 1.165) is 17.5 Å². The maximum atomic E-state index is 13.7. The minimum Gasteiger partial charge on any atom is -0.494 e. The molecule has 3 rings (SSSR count). The Morgan fingerprint density at radius 3 is 2.55 bits per heavy atom. The Labute approximate surface area is 171 Å². The molecule has 0 N–H and O–H groups in total. The molecule has 7 nitrogen and oxygen atoms in total. The molecule has 1 aromatic carbocycles. The standard InChI is InChI=1S/C20H17ClFN3O4/c1-11-8-12(2)25(24-11)18-7-5-14(21)19(23-18)20(27)29-10-16(26)13-4-6-17(28-3)15(22)9-13/h4-9H,10H2,1-3H3. The van der Waals surface area contributed by atoms with Gasteiger partial charge in [0.2, 0.25) is 0 Å². The molecule has 0 spiro atoms. The molecule has 2 aromatic heterocycles. The van der Waals surface area contributed by atoms with E-state index in [4.69, 9.17) is 21.1 Å². The number of carbonyl (C=O) groups excluding carboxylic acids is 2. The third-order valence-corrected chi connectivity index (χ3v) is 4.36. The average Bonchev–Trinajstić information content (AvgIpc) is 3.04. The monoisotopic (exact) mass is 417 g/mol. The second-order valence-electron chi connectivity index (χ2n) is 6.19. The van der Waals surface area contributed by atoms with Crippen LogP contribution in [0.2, 0.25) is 5.02 Å². The maximum absolute atomic E-state index is 13.7. The average molecular weight is 418 g/mol. The smallest absolute Gasteiger partial charge is 0.359 e. The Hall–Kier alpha value is -3.26. The SMILES string of the molecule is COc1ccc(C(=O)COC(=O)c2nc(-n3nc(C)cc3C)ccc2Cl)cc1F. The quantitative estimate of drug-likeness (QED) is 0.449. The first-order valence-corrected chi connectivity index (χ1v) is 8.92. The zero-order valence-electron chi connectivity index (χ0n) is 15.9. The Morgan fingerprint density at radius 2 is 1.93 bits per heavy atom. The number of pyridine rings is 1. The van der Waals surface area contributed by atoms with Crippen molar-refractivity contribution in [3.8, 4) is 11.6 Å². The Kier molecular flexibility index (Phi) is 5.93. The van der Waals surface area contributed by atoms with Gasteiger partial charge in [0.1, 0.15) is 0 Å². The molecule has 2 heterocycles. The van der Waals surface area contributed by atoms with E-state index < -0.39 is 24.2 Å². The van der Waals surface area contributed by atoms with Gasteiger partial charge in [0.15, 0.2) is 35.5 Å². The molecule has 0 aliphatic rings. The van der Waals surface area contributed by atoms with Crippen LogP contribution in [-0.4, -0.2) is 40.2 Å². The molecular formula is C20H17ClFN3O4. The molecule has 0 amide bonds. The lowest BCUT2D eigenvalue weighted by molar-refractivity contribution is 0.0469. The molecular weight excluding hydrogens is 401 g/mol. The number of hydrogen-bond acceptors (Lipinski definition) is 6. The van der Waals surface area contributed by atoms with Gasteiger partial charge >= 0.3 is 5.97 Å². The highest BCUT2D eigenvalue weighted by molar-refractivity contribution is 6.33. The minimum atomic E-state index is -0.874. The largest absolute Gasteiger partial charge is 0.494 e. The van der Waals surface area contributed by atoms with E-state index in [9.17, 15) is 14.0 Å². The van der Waals surface area contributed by atoms with Gasteiger partial charge in [0, 0.05) is 11.3 Å². The number of rotatable bonds is 6. The maximum Gasteiger partial charge on any atom is 0.359 e. The number of nitrogens with zero attached hydrogens (tertiary/aromatic N) is 3. The molecule has 0 radical (unpaired) electrons. The first-order chi connectivity index (χ1) is 13.8. The zero-order chi connectivity index (χ0) is 21.1. The summed E-state index contributed by atoms with van der Waals surface area (Å²) >= 11 is 6.07. The van der Waals surface area contributed by atoms with Gasteiger partial charge in [-0.15, -0.1) is 0 Å². The number of esters is 1. The van der Waals surface area contributed by atoms with Gasteiger partial charge in [-0.05, 0) is 50.2 Å². The van der Waals surface area contributed by atoms with Gasteiger partial charge in [-0.25, -0.2) is 18.9 Å². The van der Waals surface area contributed by atoms with Crippen molar-refractivity contribution in [3.63, 3.8) is 0 Å². The summed E-state index contributed by atoms with van der Waals surface area (Å²) in [5.41, 5.74) is 1.52. The van der Waals surface area contributed by atoms with Crippen molar-refractivity contribution in [2.75, 3.05) is 13.7 Å². The van der Waals surface area contributed by atoms with Crippen molar-refractivity contribution >= 4 is 23.4 Å². The van der Waals surface area contributed by atoms with E-state index in [1.54, 1.807) is 10.7 Å². The normalized spacial score (nSPS) is 10.7. The first kappa shape index (κ1) is 20.5. The summed E-state index contributed by atoms with van der Waals surface area (Å²) in [5, 5.41) is 4.38. The summed E-state index contributed by atoms with van der Waals surface area (Å²) in [6, 6.07) is 8.69. The number of benzene rings is 1. The highest BCUT2D eigenvalue weighted by atomic mass is 35.5. The van der Waals surface area contributed by atoms with Crippen molar-refractivity contribution in [1.82, 2.24) is 14.8 Å². The lowest BCUT2D eigenvalue weighted by Gasteiger charge is -2.09. The van der Waals surface area contributed by atoms with E-state index in [1.807, 2.05) is 19.9 Å². The molecule has 0 aliphatic heterocycles. The molecule has 0 unspecified atom stereocenters. The number of Topliss-reactive ketones (excluding diaryl/α,β-unsaturated/α-hetero) is 1. The molecule has 0 saturated heterocycles. The highest BCUT2D eigenvalue weighted by Gasteiger charge is 2.19. The Balaban J connectivity index is 1.75. The van der Waals surface area contributed by atoms with Crippen molar-refractivity contribution in [3.05, 3.63) is 69.9 Å². The summed E-state index contributed by atoms with van der Waals surface area (Å²) in [6.07, 6.45) is 0. The number of aryl methyl sites for hydroxylation is 2. The fourth-order valence-electron chi connectivity index (χ4n) is 2.68. The summed E-state index contributed by atoms with van der Waals surface area (Å²) in [4.78, 5) is 28.8. The van der Waals surface area contributed by atoms with Crippen molar-refractivity contribution in [2.24, 2.45) is 0 Å². The van der Waals surface area contributed by atoms with Crippen LogP contribution in [0.3, 0.4) is 0 Å². The number of ether oxygens (including phenoxy) is 2.